The molecule has 0 unspecified atom stereocenters. The average Bonchev–Trinajstić information content (AvgIpc) is 2.15. The second kappa shape index (κ2) is 4.04. The van der Waals surface area contributed by atoms with Crippen LogP contribution in [-0.4, -0.2) is 16.1 Å². The zero-order valence-electron chi connectivity index (χ0n) is 10.5. The molecule has 1 aromatic heterocycles. The van der Waals surface area contributed by atoms with E-state index in [0.717, 1.165) is 24.3 Å². The Bertz CT molecular complexity index is 347. The maximum atomic E-state index is 5.67. The average molecular weight is 220 g/mol. The number of hydrogen-bond donors (Lipinski definition) is 0. The van der Waals surface area contributed by atoms with Crippen LogP contribution in [0.4, 0.5) is 0 Å². The minimum atomic E-state index is 0.101. The highest BCUT2D eigenvalue weighted by atomic mass is 16.5. The van der Waals surface area contributed by atoms with Crippen molar-refractivity contribution in [1.29, 1.82) is 0 Å². The molecule has 1 fully saturated rings. The van der Waals surface area contributed by atoms with Gasteiger partial charge >= 0.3 is 6.01 Å². The van der Waals surface area contributed by atoms with E-state index in [2.05, 4.69) is 37.7 Å². The van der Waals surface area contributed by atoms with E-state index in [0.29, 0.717) is 12.1 Å². The third-order valence-corrected chi connectivity index (χ3v) is 3.10. The first kappa shape index (κ1) is 11.4. The third kappa shape index (κ3) is 2.52. The fraction of sp³-hybridized carbons (Fsp3) is 0.692. The van der Waals surface area contributed by atoms with E-state index < -0.39 is 0 Å². The summed E-state index contributed by atoms with van der Waals surface area (Å²) >= 11 is 0. The molecule has 0 aliphatic heterocycles. The molecule has 3 nitrogen and oxygen atoms in total. The monoisotopic (exact) mass is 220 g/mol. The molecule has 0 atom stereocenters. The van der Waals surface area contributed by atoms with Crippen LogP contribution in [0.1, 0.15) is 46.1 Å². The van der Waals surface area contributed by atoms with Crippen molar-refractivity contribution in [3.63, 3.8) is 0 Å². The molecule has 3 heteroatoms. The zero-order chi connectivity index (χ0) is 11.8. The molecule has 1 aromatic rings. The molecule has 1 aliphatic carbocycles. The summed E-state index contributed by atoms with van der Waals surface area (Å²) in [5, 5.41) is 0. The number of hydrogen-bond acceptors (Lipinski definition) is 3. The Labute approximate surface area is 97.3 Å². The Morgan fingerprint density at radius 3 is 2.19 bits per heavy atom. The highest BCUT2D eigenvalue weighted by molar-refractivity contribution is 5.16. The molecule has 0 amide bonds. The number of nitrogens with zero attached hydrogens (tertiary/aromatic N) is 2. The molecular weight excluding hydrogens is 200 g/mol. The lowest BCUT2D eigenvalue weighted by Crippen LogP contribution is -2.32. The summed E-state index contributed by atoms with van der Waals surface area (Å²) in [6.07, 6.45) is 6.32. The number of aromatic nitrogens is 2. The highest BCUT2D eigenvalue weighted by Gasteiger charge is 2.27. The molecule has 0 spiro atoms. The standard InChI is InChI=1S/C13H20N2O/c1-9-5-11(6-9)16-12-14-7-10(8-15-12)13(2,3)4/h7-9,11H,5-6H2,1-4H3. The van der Waals surface area contributed by atoms with Gasteiger partial charge in [-0.2, -0.15) is 0 Å². The van der Waals surface area contributed by atoms with Gasteiger partial charge in [-0.25, -0.2) is 9.97 Å². The smallest absolute Gasteiger partial charge is 0.316 e. The summed E-state index contributed by atoms with van der Waals surface area (Å²) in [5.74, 6) is 0.791. The van der Waals surface area contributed by atoms with E-state index in [9.17, 15) is 0 Å². The summed E-state index contributed by atoms with van der Waals surface area (Å²) in [7, 11) is 0. The number of rotatable bonds is 2. The van der Waals surface area contributed by atoms with Crippen molar-refractivity contribution in [2.45, 2.75) is 52.1 Å². The molecule has 16 heavy (non-hydrogen) atoms. The van der Waals surface area contributed by atoms with Crippen LogP contribution in [0.25, 0.3) is 0 Å². The molecule has 0 bridgehead atoms. The Morgan fingerprint density at radius 2 is 1.75 bits per heavy atom. The molecule has 2 rings (SSSR count). The van der Waals surface area contributed by atoms with Crippen LogP contribution in [-0.2, 0) is 5.41 Å². The SMILES string of the molecule is CC1CC(Oc2ncc(C(C)(C)C)cn2)C1. The molecule has 0 aromatic carbocycles. The van der Waals surface area contributed by atoms with E-state index >= 15 is 0 Å². The van der Waals surface area contributed by atoms with Crippen LogP contribution in [0.3, 0.4) is 0 Å². The van der Waals surface area contributed by atoms with Gasteiger partial charge in [-0.05, 0) is 29.7 Å². The predicted octanol–water partition coefficient (Wildman–Crippen LogP) is 2.95. The summed E-state index contributed by atoms with van der Waals surface area (Å²) < 4.78 is 5.67. The van der Waals surface area contributed by atoms with Crippen LogP contribution < -0.4 is 4.74 Å². The predicted molar refractivity (Wildman–Crippen MR) is 63.5 cm³/mol. The van der Waals surface area contributed by atoms with Crippen LogP contribution >= 0.6 is 0 Å². The first-order chi connectivity index (χ1) is 7.45. The van der Waals surface area contributed by atoms with Gasteiger partial charge in [-0.1, -0.05) is 27.7 Å². The first-order valence-corrected chi connectivity index (χ1v) is 5.94. The quantitative estimate of drug-likeness (QED) is 0.768. The van der Waals surface area contributed by atoms with Crippen molar-refractivity contribution in [2.75, 3.05) is 0 Å². The largest absolute Gasteiger partial charge is 0.460 e. The van der Waals surface area contributed by atoms with Gasteiger partial charge in [0, 0.05) is 12.4 Å². The molecule has 0 radical (unpaired) electrons. The molecule has 0 saturated heterocycles. The van der Waals surface area contributed by atoms with E-state index in [1.807, 2.05) is 12.4 Å². The lowest BCUT2D eigenvalue weighted by Gasteiger charge is -2.31. The second-order valence-corrected chi connectivity index (χ2v) is 5.82. The highest BCUT2D eigenvalue weighted by Crippen LogP contribution is 2.29. The van der Waals surface area contributed by atoms with Gasteiger partial charge in [0.15, 0.2) is 0 Å². The molecule has 1 heterocycles. The van der Waals surface area contributed by atoms with Crippen molar-refractivity contribution < 1.29 is 4.74 Å². The Kier molecular flexibility index (Phi) is 2.87. The van der Waals surface area contributed by atoms with E-state index in [4.69, 9.17) is 4.74 Å². The summed E-state index contributed by atoms with van der Waals surface area (Å²) in [6.45, 7) is 8.70. The van der Waals surface area contributed by atoms with Crippen molar-refractivity contribution >= 4 is 0 Å². The van der Waals surface area contributed by atoms with Gasteiger partial charge in [-0.3, -0.25) is 0 Å². The van der Waals surface area contributed by atoms with Crippen LogP contribution in [0, 0.1) is 5.92 Å². The van der Waals surface area contributed by atoms with Gasteiger partial charge in [0.1, 0.15) is 6.10 Å². The maximum absolute atomic E-state index is 5.67. The normalized spacial score (nSPS) is 25.0. The van der Waals surface area contributed by atoms with E-state index in [-0.39, 0.29) is 5.41 Å². The van der Waals surface area contributed by atoms with Gasteiger partial charge in [0.05, 0.1) is 0 Å². The third-order valence-electron chi connectivity index (χ3n) is 3.10. The second-order valence-electron chi connectivity index (χ2n) is 5.82. The van der Waals surface area contributed by atoms with Crippen molar-refractivity contribution in [3.8, 4) is 6.01 Å². The Morgan fingerprint density at radius 1 is 1.19 bits per heavy atom. The van der Waals surface area contributed by atoms with Gasteiger partial charge < -0.3 is 4.74 Å². The van der Waals surface area contributed by atoms with Gasteiger partial charge in [-0.15, -0.1) is 0 Å². The Hall–Kier alpha value is -1.12. The van der Waals surface area contributed by atoms with Crippen molar-refractivity contribution in [3.05, 3.63) is 18.0 Å². The van der Waals surface area contributed by atoms with Crippen LogP contribution in [0.2, 0.25) is 0 Å². The molecule has 0 N–H and O–H groups in total. The van der Waals surface area contributed by atoms with Crippen LogP contribution in [0.15, 0.2) is 12.4 Å². The van der Waals surface area contributed by atoms with Gasteiger partial charge in [0.2, 0.25) is 0 Å². The molecule has 1 aliphatic rings. The lowest BCUT2D eigenvalue weighted by molar-refractivity contribution is 0.0647. The zero-order valence-corrected chi connectivity index (χ0v) is 10.5. The minimum absolute atomic E-state index is 0.101. The minimum Gasteiger partial charge on any atom is -0.460 e. The van der Waals surface area contributed by atoms with Crippen molar-refractivity contribution in [2.24, 2.45) is 5.92 Å². The summed E-state index contributed by atoms with van der Waals surface area (Å²) in [6, 6.07) is 0.518. The maximum Gasteiger partial charge on any atom is 0.316 e. The van der Waals surface area contributed by atoms with E-state index in [1.54, 1.807) is 0 Å². The van der Waals surface area contributed by atoms with E-state index in [1.165, 1.54) is 0 Å². The lowest BCUT2D eigenvalue weighted by atomic mass is 9.84. The fourth-order valence-corrected chi connectivity index (χ4v) is 1.84. The van der Waals surface area contributed by atoms with Crippen LogP contribution in [0.5, 0.6) is 6.01 Å². The summed E-state index contributed by atoms with van der Waals surface area (Å²) in [5.41, 5.74) is 1.24. The molecule has 88 valence electrons. The van der Waals surface area contributed by atoms with Crippen molar-refractivity contribution in [1.82, 2.24) is 9.97 Å². The first-order valence-electron chi connectivity index (χ1n) is 5.94. The fourth-order valence-electron chi connectivity index (χ4n) is 1.84. The molecular formula is C13H20N2O. The Balaban J connectivity index is 1.97. The van der Waals surface area contributed by atoms with Gasteiger partial charge in [0.25, 0.3) is 0 Å². The topological polar surface area (TPSA) is 35.0 Å². The summed E-state index contributed by atoms with van der Waals surface area (Å²) in [4.78, 5) is 8.52. The molecule has 1 saturated carbocycles. The number of ether oxygens (including phenoxy) is 1.